The molecule has 0 aliphatic carbocycles. The Balaban J connectivity index is 5.08. The van der Waals surface area contributed by atoms with Crippen LogP contribution in [-0.2, 0) is 24.0 Å². The first-order valence-corrected chi connectivity index (χ1v) is 8.85. The van der Waals surface area contributed by atoms with Crippen LogP contribution < -0.4 is 21.7 Å². The van der Waals surface area contributed by atoms with Gasteiger partial charge in [0.05, 0.1) is 12.5 Å². The van der Waals surface area contributed by atoms with Gasteiger partial charge >= 0.3 is 11.9 Å². The van der Waals surface area contributed by atoms with Gasteiger partial charge in [-0.2, -0.15) is 12.6 Å². The quantitative estimate of drug-likeness (QED) is 0.180. The van der Waals surface area contributed by atoms with E-state index in [0.717, 1.165) is 0 Å². The predicted octanol–water partition coefficient (Wildman–Crippen LogP) is -2.07. The zero-order valence-corrected chi connectivity index (χ0v) is 16.0. The molecule has 0 bridgehead atoms. The second-order valence-corrected chi connectivity index (χ2v) is 6.29. The van der Waals surface area contributed by atoms with E-state index in [1.807, 2.05) is 6.92 Å². The molecule has 11 nitrogen and oxygen atoms in total. The molecule has 7 N–H and O–H groups in total. The van der Waals surface area contributed by atoms with Gasteiger partial charge in [-0.05, 0) is 5.92 Å². The van der Waals surface area contributed by atoms with Crippen LogP contribution in [0.15, 0.2) is 0 Å². The molecule has 4 unspecified atom stereocenters. The van der Waals surface area contributed by atoms with Crippen LogP contribution in [0.3, 0.4) is 0 Å². The van der Waals surface area contributed by atoms with E-state index in [-0.39, 0.29) is 11.7 Å². The third-order valence-corrected chi connectivity index (χ3v) is 4.17. The van der Waals surface area contributed by atoms with Crippen molar-refractivity contribution < 1.29 is 34.2 Å². The van der Waals surface area contributed by atoms with Gasteiger partial charge in [0.2, 0.25) is 17.7 Å². The second kappa shape index (κ2) is 12.1. The van der Waals surface area contributed by atoms with Crippen LogP contribution >= 0.6 is 12.6 Å². The summed E-state index contributed by atoms with van der Waals surface area (Å²) in [5, 5.41) is 24.1. The van der Waals surface area contributed by atoms with Gasteiger partial charge in [-0.15, -0.1) is 0 Å². The van der Waals surface area contributed by atoms with Crippen molar-refractivity contribution in [2.24, 2.45) is 11.7 Å². The molecule has 4 atom stereocenters. The van der Waals surface area contributed by atoms with E-state index < -0.39 is 60.8 Å². The topological polar surface area (TPSA) is 188 Å². The molecule has 0 radical (unpaired) electrons. The maximum Gasteiger partial charge on any atom is 0.322 e. The van der Waals surface area contributed by atoms with Crippen LogP contribution in [0.2, 0.25) is 0 Å². The Morgan fingerprint density at radius 3 is 1.96 bits per heavy atom. The molecule has 0 fully saturated rings. The highest BCUT2D eigenvalue weighted by atomic mass is 32.1. The lowest BCUT2D eigenvalue weighted by Gasteiger charge is -2.24. The lowest BCUT2D eigenvalue weighted by Crippen LogP contribution is -2.57. The summed E-state index contributed by atoms with van der Waals surface area (Å²) < 4.78 is 0. The molecule has 0 aliphatic heterocycles. The summed E-state index contributed by atoms with van der Waals surface area (Å²) in [6, 6.07) is -3.60. The zero-order chi connectivity index (χ0) is 21.1. The molecule has 0 heterocycles. The van der Waals surface area contributed by atoms with Gasteiger partial charge in [0.25, 0.3) is 0 Å². The standard InChI is InChI=1S/C15H26N4O7S/c1-3-7(2)12(16)15(26)18-8(4-10(20)21)14(25)19-9(6-27)13(24)17-5-11(22)23/h7-9,12,27H,3-6,16H2,1-2H3,(H,17,24)(H,18,26)(H,19,25)(H,20,21)(H,22,23). The van der Waals surface area contributed by atoms with E-state index in [0.29, 0.717) is 6.42 Å². The van der Waals surface area contributed by atoms with Crippen LogP contribution in [0.1, 0.15) is 26.7 Å². The number of carboxylic acids is 2. The van der Waals surface area contributed by atoms with Crippen molar-refractivity contribution in [1.29, 1.82) is 0 Å². The third kappa shape index (κ3) is 9.24. The highest BCUT2D eigenvalue weighted by Gasteiger charge is 2.30. The van der Waals surface area contributed by atoms with Crippen molar-refractivity contribution >= 4 is 42.3 Å². The van der Waals surface area contributed by atoms with Gasteiger partial charge < -0.3 is 31.9 Å². The number of thiol groups is 1. The van der Waals surface area contributed by atoms with E-state index in [4.69, 9.17) is 15.9 Å². The largest absolute Gasteiger partial charge is 0.481 e. The number of carboxylic acid groups (broad SMARTS) is 2. The van der Waals surface area contributed by atoms with E-state index in [2.05, 4.69) is 28.6 Å². The Hall–Kier alpha value is -2.34. The summed E-state index contributed by atoms with van der Waals surface area (Å²) >= 11 is 3.91. The van der Waals surface area contributed by atoms with Crippen molar-refractivity contribution in [3.63, 3.8) is 0 Å². The number of nitrogens with one attached hydrogen (secondary N) is 3. The van der Waals surface area contributed by atoms with Crippen LogP contribution in [0.25, 0.3) is 0 Å². The normalized spacial score (nSPS) is 15.0. The predicted molar refractivity (Wildman–Crippen MR) is 98.0 cm³/mol. The minimum absolute atomic E-state index is 0.169. The molecule has 0 saturated heterocycles. The lowest BCUT2D eigenvalue weighted by molar-refractivity contribution is -0.141. The minimum atomic E-state index is -1.46. The summed E-state index contributed by atoms with van der Waals surface area (Å²) in [6.07, 6.45) is -0.114. The van der Waals surface area contributed by atoms with Gasteiger partial charge in [0, 0.05) is 5.75 Å². The number of carbonyl (C=O) groups is 5. The molecule has 0 aromatic carbocycles. The highest BCUT2D eigenvalue weighted by Crippen LogP contribution is 2.06. The summed E-state index contributed by atoms with van der Waals surface area (Å²) in [7, 11) is 0. The van der Waals surface area contributed by atoms with Gasteiger partial charge in [0.1, 0.15) is 18.6 Å². The number of amides is 3. The van der Waals surface area contributed by atoms with E-state index >= 15 is 0 Å². The Bertz CT molecular complexity index is 572. The maximum absolute atomic E-state index is 12.3. The molecule has 3 amide bonds. The second-order valence-electron chi connectivity index (χ2n) is 5.93. The molecule has 0 rings (SSSR count). The first-order valence-electron chi connectivity index (χ1n) is 8.21. The SMILES string of the molecule is CCC(C)C(N)C(=O)NC(CC(=O)O)C(=O)NC(CS)C(=O)NCC(=O)O. The van der Waals surface area contributed by atoms with Crippen LogP contribution in [-0.4, -0.2) is 70.3 Å². The van der Waals surface area contributed by atoms with E-state index in [1.165, 1.54) is 0 Å². The maximum atomic E-state index is 12.3. The first-order chi connectivity index (χ1) is 12.5. The Morgan fingerprint density at radius 2 is 1.52 bits per heavy atom. The number of aliphatic carboxylic acids is 2. The highest BCUT2D eigenvalue weighted by molar-refractivity contribution is 7.80. The van der Waals surface area contributed by atoms with Gasteiger partial charge in [-0.3, -0.25) is 24.0 Å². The zero-order valence-electron chi connectivity index (χ0n) is 15.1. The third-order valence-electron chi connectivity index (χ3n) is 3.80. The molecule has 27 heavy (non-hydrogen) atoms. The molecule has 0 spiro atoms. The average molecular weight is 406 g/mol. The smallest absolute Gasteiger partial charge is 0.322 e. The summed E-state index contributed by atoms with van der Waals surface area (Å²) in [5.74, 6) is -5.40. The van der Waals surface area contributed by atoms with Crippen molar-refractivity contribution in [3.05, 3.63) is 0 Å². The number of hydrogen-bond acceptors (Lipinski definition) is 7. The van der Waals surface area contributed by atoms with Crippen molar-refractivity contribution in [2.75, 3.05) is 12.3 Å². The number of carbonyl (C=O) groups excluding carboxylic acids is 3. The fourth-order valence-corrected chi connectivity index (χ4v) is 2.17. The van der Waals surface area contributed by atoms with Gasteiger partial charge in [-0.1, -0.05) is 20.3 Å². The van der Waals surface area contributed by atoms with Crippen LogP contribution in [0, 0.1) is 5.92 Å². The Morgan fingerprint density at radius 1 is 0.963 bits per heavy atom. The van der Waals surface area contributed by atoms with Gasteiger partial charge in [0.15, 0.2) is 0 Å². The molecule has 0 aromatic rings. The number of hydrogen-bond donors (Lipinski definition) is 7. The van der Waals surface area contributed by atoms with Gasteiger partial charge in [-0.25, -0.2) is 0 Å². The fraction of sp³-hybridized carbons (Fsp3) is 0.667. The van der Waals surface area contributed by atoms with Crippen LogP contribution in [0.5, 0.6) is 0 Å². The molecule has 0 saturated carbocycles. The molecular weight excluding hydrogens is 380 g/mol. The lowest BCUT2D eigenvalue weighted by atomic mass is 9.99. The number of rotatable bonds is 12. The van der Waals surface area contributed by atoms with Crippen molar-refractivity contribution in [2.45, 2.75) is 44.8 Å². The fourth-order valence-electron chi connectivity index (χ4n) is 1.92. The van der Waals surface area contributed by atoms with Crippen molar-refractivity contribution in [1.82, 2.24) is 16.0 Å². The summed E-state index contributed by atoms with van der Waals surface area (Å²) in [6.45, 7) is 2.91. The molecule has 0 aromatic heterocycles. The van der Waals surface area contributed by atoms with E-state index in [1.54, 1.807) is 6.92 Å². The van der Waals surface area contributed by atoms with Crippen molar-refractivity contribution in [3.8, 4) is 0 Å². The monoisotopic (exact) mass is 406 g/mol. The Kier molecular flexibility index (Phi) is 11.1. The molecule has 0 aliphatic rings. The Labute approximate surface area is 161 Å². The first kappa shape index (κ1) is 24.7. The summed E-state index contributed by atoms with van der Waals surface area (Å²) in [5.41, 5.74) is 5.77. The number of nitrogens with two attached hydrogens (primary N) is 1. The molecular formula is C15H26N4O7S. The molecule has 12 heteroatoms. The van der Waals surface area contributed by atoms with Crippen LogP contribution in [0.4, 0.5) is 0 Å². The minimum Gasteiger partial charge on any atom is -0.481 e. The van der Waals surface area contributed by atoms with E-state index in [9.17, 15) is 24.0 Å². The molecule has 154 valence electrons. The summed E-state index contributed by atoms with van der Waals surface area (Å²) in [4.78, 5) is 57.8. The average Bonchev–Trinajstić information content (AvgIpc) is 2.61.